The Labute approximate surface area is 325 Å². The lowest BCUT2D eigenvalue weighted by molar-refractivity contribution is 1.19. The number of rotatable bonds is 6. The summed E-state index contributed by atoms with van der Waals surface area (Å²) in [5.41, 5.74) is 11.7. The van der Waals surface area contributed by atoms with E-state index >= 15 is 0 Å². The first-order chi connectivity index (χ1) is 27.8. The zero-order valence-electron chi connectivity index (χ0n) is 30.7. The van der Waals surface area contributed by atoms with Crippen molar-refractivity contribution in [3.8, 4) is 27.9 Å². The van der Waals surface area contributed by atoms with Gasteiger partial charge in [0.25, 0.3) is 0 Å². The average Bonchev–Trinajstić information content (AvgIpc) is 3.61. The number of hydrogen-bond donors (Lipinski definition) is 0. The fraction of sp³-hybridized carbons (Fsp3) is 0. The highest BCUT2D eigenvalue weighted by atomic mass is 15.1. The van der Waals surface area contributed by atoms with Crippen LogP contribution in [0.5, 0.6) is 0 Å². The van der Waals surface area contributed by atoms with Crippen LogP contribution in [0, 0.1) is 0 Å². The minimum atomic E-state index is 1.11. The molecule has 0 N–H and O–H groups in total. The van der Waals surface area contributed by atoms with Crippen LogP contribution in [0.1, 0.15) is 0 Å². The van der Waals surface area contributed by atoms with Gasteiger partial charge in [-0.05, 0) is 98.4 Å². The predicted octanol–water partition coefficient (Wildman–Crippen LogP) is 15.0. The van der Waals surface area contributed by atoms with Crippen molar-refractivity contribution < 1.29 is 0 Å². The number of aromatic nitrogens is 1. The van der Waals surface area contributed by atoms with Crippen molar-refractivity contribution in [2.24, 2.45) is 0 Å². The lowest BCUT2D eigenvalue weighted by Gasteiger charge is -2.27. The lowest BCUT2D eigenvalue weighted by Crippen LogP contribution is -2.10. The predicted molar refractivity (Wildman–Crippen MR) is 239 cm³/mol. The van der Waals surface area contributed by atoms with E-state index in [1.807, 2.05) is 0 Å². The van der Waals surface area contributed by atoms with E-state index in [1.54, 1.807) is 0 Å². The number of anilines is 3. The Bertz CT molecular complexity index is 3220. The van der Waals surface area contributed by atoms with Gasteiger partial charge in [-0.25, -0.2) is 0 Å². The molecule has 0 unspecified atom stereocenters. The van der Waals surface area contributed by atoms with E-state index in [-0.39, 0.29) is 0 Å². The fourth-order valence-electron chi connectivity index (χ4n) is 8.61. The van der Waals surface area contributed by atoms with Gasteiger partial charge in [-0.15, -0.1) is 0 Å². The van der Waals surface area contributed by atoms with Gasteiger partial charge >= 0.3 is 0 Å². The summed E-state index contributed by atoms with van der Waals surface area (Å²) >= 11 is 0. The number of nitrogens with zero attached hydrogens (tertiary/aromatic N) is 2. The summed E-state index contributed by atoms with van der Waals surface area (Å²) in [6, 6.07) is 79.5. The SMILES string of the molecule is c1ccc(-n2c3cc(-c4ccc(N(c5ccc(-c6ccc7ccccc7c6)cc5)c5cccc6ccccc56)cc4)ccc3c3ccc4ccccc4c32)cc1. The van der Waals surface area contributed by atoms with Gasteiger partial charge in [0.1, 0.15) is 0 Å². The summed E-state index contributed by atoms with van der Waals surface area (Å²) in [4.78, 5) is 2.39. The monoisotopic (exact) mass is 712 g/mol. The second-order valence-electron chi connectivity index (χ2n) is 14.6. The normalized spacial score (nSPS) is 11.6. The quantitative estimate of drug-likeness (QED) is 0.167. The summed E-state index contributed by atoms with van der Waals surface area (Å²) in [5.74, 6) is 0. The maximum Gasteiger partial charge on any atom is 0.0619 e. The molecule has 1 heterocycles. The van der Waals surface area contributed by atoms with Crippen LogP contribution in [0.4, 0.5) is 17.1 Å². The van der Waals surface area contributed by atoms with Crippen molar-refractivity contribution in [3.05, 3.63) is 218 Å². The van der Waals surface area contributed by atoms with Gasteiger partial charge in [-0.2, -0.15) is 0 Å². The summed E-state index contributed by atoms with van der Waals surface area (Å²) in [7, 11) is 0. The third-order valence-corrected chi connectivity index (χ3v) is 11.3. The molecule has 0 saturated heterocycles. The van der Waals surface area contributed by atoms with Gasteiger partial charge in [0, 0.05) is 38.6 Å². The summed E-state index contributed by atoms with van der Waals surface area (Å²) < 4.78 is 2.44. The van der Waals surface area contributed by atoms with Crippen LogP contribution < -0.4 is 4.90 Å². The minimum Gasteiger partial charge on any atom is -0.310 e. The lowest BCUT2D eigenvalue weighted by atomic mass is 10.00. The molecule has 56 heavy (non-hydrogen) atoms. The minimum absolute atomic E-state index is 1.11. The van der Waals surface area contributed by atoms with Crippen LogP contribution in [0.3, 0.4) is 0 Å². The molecule has 2 nitrogen and oxygen atoms in total. The molecule has 11 rings (SSSR count). The Morgan fingerprint density at radius 3 is 1.55 bits per heavy atom. The third-order valence-electron chi connectivity index (χ3n) is 11.3. The largest absolute Gasteiger partial charge is 0.310 e. The Balaban J connectivity index is 1.03. The Hall–Kier alpha value is -7.42. The van der Waals surface area contributed by atoms with Gasteiger partial charge in [-0.3, -0.25) is 0 Å². The second-order valence-corrected chi connectivity index (χ2v) is 14.6. The Kier molecular flexibility index (Phi) is 7.53. The molecule has 0 aliphatic carbocycles. The molecule has 0 saturated carbocycles. The molecular weight excluding hydrogens is 677 g/mol. The van der Waals surface area contributed by atoms with Crippen LogP contribution in [0.15, 0.2) is 218 Å². The highest BCUT2D eigenvalue weighted by Gasteiger charge is 2.18. The van der Waals surface area contributed by atoms with Crippen molar-refractivity contribution in [1.29, 1.82) is 0 Å². The molecule has 0 bridgehead atoms. The van der Waals surface area contributed by atoms with Crippen LogP contribution in [0.25, 0.3) is 82.1 Å². The zero-order valence-corrected chi connectivity index (χ0v) is 30.7. The number of fused-ring (bicyclic) bond motifs is 7. The number of hydrogen-bond acceptors (Lipinski definition) is 1. The topological polar surface area (TPSA) is 8.17 Å². The molecule has 0 amide bonds. The summed E-state index contributed by atoms with van der Waals surface area (Å²) in [6.45, 7) is 0. The van der Waals surface area contributed by atoms with E-state index < -0.39 is 0 Å². The van der Waals surface area contributed by atoms with Crippen LogP contribution in [-0.4, -0.2) is 4.57 Å². The van der Waals surface area contributed by atoms with E-state index in [0.717, 1.165) is 22.7 Å². The highest BCUT2D eigenvalue weighted by molar-refractivity contribution is 6.19. The molecule has 0 fully saturated rings. The van der Waals surface area contributed by atoms with E-state index in [0.29, 0.717) is 0 Å². The van der Waals surface area contributed by atoms with Crippen molar-refractivity contribution in [2.45, 2.75) is 0 Å². The van der Waals surface area contributed by atoms with Gasteiger partial charge in [0.2, 0.25) is 0 Å². The van der Waals surface area contributed by atoms with Crippen LogP contribution >= 0.6 is 0 Å². The van der Waals surface area contributed by atoms with Crippen LogP contribution in [0.2, 0.25) is 0 Å². The first kappa shape index (κ1) is 32.0. The van der Waals surface area contributed by atoms with E-state index in [2.05, 4.69) is 228 Å². The fourth-order valence-corrected chi connectivity index (χ4v) is 8.61. The smallest absolute Gasteiger partial charge is 0.0619 e. The molecule has 262 valence electrons. The first-order valence-corrected chi connectivity index (χ1v) is 19.3. The van der Waals surface area contributed by atoms with Gasteiger partial charge < -0.3 is 9.47 Å². The average molecular weight is 713 g/mol. The first-order valence-electron chi connectivity index (χ1n) is 19.3. The Morgan fingerprint density at radius 2 is 0.821 bits per heavy atom. The zero-order chi connectivity index (χ0) is 37.0. The molecule has 0 aliphatic rings. The highest BCUT2D eigenvalue weighted by Crippen LogP contribution is 2.42. The van der Waals surface area contributed by atoms with Gasteiger partial charge in [0.15, 0.2) is 0 Å². The number of benzene rings is 10. The Morgan fingerprint density at radius 1 is 0.304 bits per heavy atom. The summed E-state index contributed by atoms with van der Waals surface area (Å²) in [6.07, 6.45) is 0. The van der Waals surface area contributed by atoms with Crippen molar-refractivity contribution in [2.75, 3.05) is 4.90 Å². The summed E-state index contributed by atoms with van der Waals surface area (Å²) in [5, 5.41) is 9.96. The molecule has 0 aliphatic heterocycles. The molecule has 11 aromatic rings. The molecule has 10 aromatic carbocycles. The van der Waals surface area contributed by atoms with E-state index in [9.17, 15) is 0 Å². The molecule has 0 radical (unpaired) electrons. The molecule has 1 aromatic heterocycles. The van der Waals surface area contributed by atoms with Crippen LogP contribution in [-0.2, 0) is 0 Å². The third kappa shape index (κ3) is 5.34. The van der Waals surface area contributed by atoms with Gasteiger partial charge in [-0.1, -0.05) is 164 Å². The molecule has 0 atom stereocenters. The number of para-hydroxylation sites is 1. The molecule has 2 heteroatoms. The van der Waals surface area contributed by atoms with E-state index in [1.165, 1.54) is 76.4 Å². The van der Waals surface area contributed by atoms with Crippen molar-refractivity contribution in [1.82, 2.24) is 4.57 Å². The second kappa shape index (κ2) is 13.2. The standard InChI is InChI=1S/C54H36N2/c1-2-16-45(17-3-1)56-53-36-44(28-33-50(53)51-34-27-41-13-7-9-19-49(41)54(51)56)39-25-31-47(32-26-39)55(52-20-10-15-40-12-6-8-18-48(40)52)46-29-23-38(24-30-46)43-22-21-37-11-4-5-14-42(37)35-43/h1-36H. The molecule has 0 spiro atoms. The molecular formula is C54H36N2. The van der Waals surface area contributed by atoms with Crippen molar-refractivity contribution in [3.63, 3.8) is 0 Å². The van der Waals surface area contributed by atoms with Crippen molar-refractivity contribution >= 4 is 71.2 Å². The van der Waals surface area contributed by atoms with E-state index in [4.69, 9.17) is 0 Å². The maximum absolute atomic E-state index is 2.44. The maximum atomic E-state index is 2.44. The van der Waals surface area contributed by atoms with Gasteiger partial charge in [0.05, 0.1) is 16.7 Å².